The summed E-state index contributed by atoms with van der Waals surface area (Å²) in [5.74, 6) is -1.38. The van der Waals surface area contributed by atoms with Crippen LogP contribution in [-0.4, -0.2) is 33.8 Å². The monoisotopic (exact) mass is 341 g/mol. The number of aromatic nitrogens is 2. The summed E-state index contributed by atoms with van der Waals surface area (Å²) in [4.78, 5) is 26.7. The molecule has 0 spiro atoms. The summed E-state index contributed by atoms with van der Waals surface area (Å²) >= 11 is 0. The van der Waals surface area contributed by atoms with Gasteiger partial charge in [-0.25, -0.2) is 9.29 Å². The lowest BCUT2D eigenvalue weighted by Gasteiger charge is -2.15. The first-order chi connectivity index (χ1) is 12.1. The number of hydrogen-bond donors (Lipinski definition) is 0. The molecule has 2 aromatic rings. The average molecular weight is 341 g/mol. The van der Waals surface area contributed by atoms with E-state index in [-0.39, 0.29) is 41.7 Å². The van der Waals surface area contributed by atoms with Gasteiger partial charge < -0.3 is 4.74 Å². The van der Waals surface area contributed by atoms with Crippen molar-refractivity contribution in [1.82, 2.24) is 9.78 Å². The van der Waals surface area contributed by atoms with Gasteiger partial charge in [0.1, 0.15) is 5.82 Å². The van der Waals surface area contributed by atoms with Crippen LogP contribution < -0.4 is 4.90 Å². The van der Waals surface area contributed by atoms with Crippen LogP contribution in [0, 0.1) is 17.7 Å². The molecule has 0 aliphatic carbocycles. The Morgan fingerprint density at radius 3 is 2.56 bits per heavy atom. The SMILES string of the molecule is O=C1[C@@H]2[C@H](C(=O)N1c1cnn(Cc3cccc(F)c3)c1)[C@H]1CC[C@@H]2O1. The van der Waals surface area contributed by atoms with Crippen molar-refractivity contribution in [2.75, 3.05) is 4.90 Å². The number of carbonyl (C=O) groups is 2. The van der Waals surface area contributed by atoms with E-state index in [1.165, 1.54) is 23.2 Å². The third-order valence-electron chi connectivity index (χ3n) is 5.40. The van der Waals surface area contributed by atoms with Crippen molar-refractivity contribution in [3.63, 3.8) is 0 Å². The van der Waals surface area contributed by atoms with Crippen LogP contribution in [0.25, 0.3) is 0 Å². The molecule has 3 saturated heterocycles. The average Bonchev–Trinajstić information content (AvgIpc) is 3.33. The Labute approximate surface area is 143 Å². The summed E-state index contributed by atoms with van der Waals surface area (Å²) in [6.45, 7) is 0.370. The van der Waals surface area contributed by atoms with Gasteiger partial charge in [0.2, 0.25) is 11.8 Å². The van der Waals surface area contributed by atoms with E-state index in [1.807, 2.05) is 0 Å². The number of fused-ring (bicyclic) bond motifs is 5. The van der Waals surface area contributed by atoms with Crippen LogP contribution in [0.3, 0.4) is 0 Å². The number of imide groups is 1. The van der Waals surface area contributed by atoms with Gasteiger partial charge in [0.15, 0.2) is 0 Å². The minimum Gasteiger partial charge on any atom is -0.373 e. The molecule has 0 N–H and O–H groups in total. The molecular weight excluding hydrogens is 325 g/mol. The number of halogens is 1. The maximum absolute atomic E-state index is 13.3. The highest BCUT2D eigenvalue weighted by Crippen LogP contribution is 2.49. The number of carbonyl (C=O) groups excluding carboxylic acids is 2. The van der Waals surface area contributed by atoms with E-state index in [0.717, 1.165) is 18.4 Å². The van der Waals surface area contributed by atoms with E-state index in [9.17, 15) is 14.0 Å². The van der Waals surface area contributed by atoms with Gasteiger partial charge >= 0.3 is 0 Å². The molecular formula is C18H16FN3O3. The number of ether oxygens (including phenoxy) is 1. The molecule has 0 saturated carbocycles. The molecule has 2 bridgehead atoms. The number of anilines is 1. The molecule has 0 radical (unpaired) electrons. The highest BCUT2D eigenvalue weighted by Gasteiger charge is 2.62. The Morgan fingerprint density at radius 2 is 1.88 bits per heavy atom. The lowest BCUT2D eigenvalue weighted by Crippen LogP contribution is -2.33. The zero-order valence-electron chi connectivity index (χ0n) is 13.3. The largest absolute Gasteiger partial charge is 0.373 e. The van der Waals surface area contributed by atoms with Crippen LogP contribution in [-0.2, 0) is 20.9 Å². The zero-order chi connectivity index (χ0) is 17.1. The predicted octanol–water partition coefficient (Wildman–Crippen LogP) is 1.74. The second-order valence-electron chi connectivity index (χ2n) is 6.88. The fourth-order valence-electron chi connectivity index (χ4n) is 4.34. The fourth-order valence-corrected chi connectivity index (χ4v) is 4.34. The molecule has 128 valence electrons. The lowest BCUT2D eigenvalue weighted by atomic mass is 9.81. The molecule has 1 aromatic carbocycles. The highest BCUT2D eigenvalue weighted by atomic mass is 19.1. The van der Waals surface area contributed by atoms with E-state index in [1.54, 1.807) is 23.0 Å². The molecule has 0 unspecified atom stereocenters. The normalized spacial score (nSPS) is 30.4. The van der Waals surface area contributed by atoms with Crippen molar-refractivity contribution in [1.29, 1.82) is 0 Å². The van der Waals surface area contributed by atoms with Crippen molar-refractivity contribution < 1.29 is 18.7 Å². The molecule has 3 aliphatic heterocycles. The Kier molecular flexibility index (Phi) is 3.09. The number of hydrogen-bond acceptors (Lipinski definition) is 4. The van der Waals surface area contributed by atoms with Crippen molar-refractivity contribution >= 4 is 17.5 Å². The van der Waals surface area contributed by atoms with Gasteiger partial charge in [0, 0.05) is 6.20 Å². The Balaban J connectivity index is 1.40. The molecule has 6 nitrogen and oxygen atoms in total. The highest BCUT2D eigenvalue weighted by molar-refractivity contribution is 6.22. The van der Waals surface area contributed by atoms with E-state index in [0.29, 0.717) is 12.2 Å². The van der Waals surface area contributed by atoms with Crippen molar-refractivity contribution in [2.45, 2.75) is 31.6 Å². The number of nitrogens with zero attached hydrogens (tertiary/aromatic N) is 3. The molecule has 1 aromatic heterocycles. The van der Waals surface area contributed by atoms with Crippen LogP contribution in [0.1, 0.15) is 18.4 Å². The Bertz CT molecular complexity index is 852. The van der Waals surface area contributed by atoms with Crippen LogP contribution in [0.4, 0.5) is 10.1 Å². The molecule has 4 heterocycles. The number of benzene rings is 1. The lowest BCUT2D eigenvalue weighted by molar-refractivity contribution is -0.124. The van der Waals surface area contributed by atoms with E-state index in [4.69, 9.17) is 4.74 Å². The maximum Gasteiger partial charge on any atom is 0.240 e. The third kappa shape index (κ3) is 2.15. The predicted molar refractivity (Wildman–Crippen MR) is 85.1 cm³/mol. The third-order valence-corrected chi connectivity index (χ3v) is 5.40. The van der Waals surface area contributed by atoms with Crippen LogP contribution in [0.5, 0.6) is 0 Å². The topological polar surface area (TPSA) is 64.4 Å². The Morgan fingerprint density at radius 1 is 1.16 bits per heavy atom. The number of rotatable bonds is 3. The van der Waals surface area contributed by atoms with Gasteiger partial charge in [0.25, 0.3) is 0 Å². The fraction of sp³-hybridized carbons (Fsp3) is 0.389. The van der Waals surface area contributed by atoms with Gasteiger partial charge in [0.05, 0.1) is 42.5 Å². The molecule has 3 fully saturated rings. The quantitative estimate of drug-likeness (QED) is 0.798. The van der Waals surface area contributed by atoms with Crippen LogP contribution in [0.15, 0.2) is 36.7 Å². The smallest absolute Gasteiger partial charge is 0.240 e. The molecule has 25 heavy (non-hydrogen) atoms. The van der Waals surface area contributed by atoms with Crippen LogP contribution >= 0.6 is 0 Å². The summed E-state index contributed by atoms with van der Waals surface area (Å²) in [5, 5.41) is 4.22. The van der Waals surface area contributed by atoms with Crippen LogP contribution in [0.2, 0.25) is 0 Å². The van der Waals surface area contributed by atoms with Gasteiger partial charge in [-0.1, -0.05) is 12.1 Å². The first-order valence-electron chi connectivity index (χ1n) is 8.42. The van der Waals surface area contributed by atoms with Gasteiger partial charge in [-0.3, -0.25) is 14.3 Å². The van der Waals surface area contributed by atoms with Gasteiger partial charge in [-0.2, -0.15) is 5.10 Å². The second kappa shape index (κ2) is 5.23. The Hall–Kier alpha value is -2.54. The molecule has 4 atom stereocenters. The van der Waals surface area contributed by atoms with E-state index >= 15 is 0 Å². The van der Waals surface area contributed by atoms with Gasteiger partial charge in [-0.15, -0.1) is 0 Å². The van der Waals surface area contributed by atoms with E-state index < -0.39 is 0 Å². The summed E-state index contributed by atoms with van der Waals surface area (Å²) in [6.07, 6.45) is 4.61. The van der Waals surface area contributed by atoms with Crippen molar-refractivity contribution in [2.24, 2.45) is 11.8 Å². The number of amides is 2. The first-order valence-corrected chi connectivity index (χ1v) is 8.42. The van der Waals surface area contributed by atoms with E-state index in [2.05, 4.69) is 5.10 Å². The zero-order valence-corrected chi connectivity index (χ0v) is 13.3. The molecule has 7 heteroatoms. The standard InChI is InChI=1S/C18H16FN3O3/c19-11-3-1-2-10(6-11)8-21-9-12(7-20-21)22-17(23)15-13-4-5-14(25-13)16(15)18(22)24/h1-3,6-7,9,13-16H,4-5,8H2/t13-,14+,15-,16+. The summed E-state index contributed by atoms with van der Waals surface area (Å²) in [5.41, 5.74) is 1.23. The summed E-state index contributed by atoms with van der Waals surface area (Å²) in [6, 6.07) is 6.26. The van der Waals surface area contributed by atoms with Crippen molar-refractivity contribution in [3.8, 4) is 0 Å². The van der Waals surface area contributed by atoms with Crippen molar-refractivity contribution in [3.05, 3.63) is 48.0 Å². The molecule has 2 amide bonds. The van der Waals surface area contributed by atoms with Gasteiger partial charge in [-0.05, 0) is 30.5 Å². The second-order valence-corrected chi connectivity index (χ2v) is 6.88. The molecule has 3 aliphatic rings. The minimum absolute atomic E-state index is 0.126. The minimum atomic E-state index is -0.349. The summed E-state index contributed by atoms with van der Waals surface area (Å²) in [7, 11) is 0. The molecule has 5 rings (SSSR count). The maximum atomic E-state index is 13.3. The first kappa shape index (κ1) is 14.8. The summed E-state index contributed by atoms with van der Waals surface area (Å²) < 4.78 is 20.6.